The lowest BCUT2D eigenvalue weighted by Gasteiger charge is -2.30. The van der Waals surface area contributed by atoms with Crippen molar-refractivity contribution in [2.45, 2.75) is 354 Å². The predicted molar refractivity (Wildman–Crippen MR) is 330 cm³/mol. The van der Waals surface area contributed by atoms with E-state index in [0.29, 0.717) is 17.4 Å². The Morgan fingerprint density at radius 1 is 0.442 bits per heavy atom. The summed E-state index contributed by atoms with van der Waals surface area (Å²) in [5, 5.41) is 3.04. The first-order valence-electron chi connectivity index (χ1n) is 33.6. The number of nitrogens with one attached hydrogen (secondary N) is 1. The molecule has 0 spiro atoms. The van der Waals surface area contributed by atoms with E-state index in [0.717, 1.165) is 57.8 Å². The predicted octanol–water partition coefficient (Wildman–Crippen LogP) is 20.3. The van der Waals surface area contributed by atoms with Gasteiger partial charge in [-0.25, -0.2) is 0 Å². The van der Waals surface area contributed by atoms with Crippen LogP contribution in [0.3, 0.4) is 0 Å². The van der Waals surface area contributed by atoms with Crippen molar-refractivity contribution in [2.75, 3.05) is 40.9 Å². The van der Waals surface area contributed by atoms with Gasteiger partial charge in [-0.3, -0.25) is 14.2 Å². The number of carbonyl (C=O) groups is 2. The van der Waals surface area contributed by atoms with E-state index in [4.69, 9.17) is 13.8 Å². The molecule has 0 saturated heterocycles. The Bertz CT molecular complexity index is 1370. The van der Waals surface area contributed by atoms with Gasteiger partial charge in [0, 0.05) is 12.8 Å². The van der Waals surface area contributed by atoms with E-state index in [2.05, 4.69) is 38.2 Å². The van der Waals surface area contributed by atoms with E-state index < -0.39 is 20.0 Å². The fourth-order valence-corrected chi connectivity index (χ4v) is 10.9. The molecule has 0 fully saturated rings. The van der Waals surface area contributed by atoms with E-state index in [1.54, 1.807) is 0 Å². The number of esters is 1. The molecule has 0 aromatic heterocycles. The van der Waals surface area contributed by atoms with Crippen LogP contribution in [0.2, 0.25) is 0 Å². The Morgan fingerprint density at radius 3 is 1.10 bits per heavy atom. The van der Waals surface area contributed by atoms with Crippen LogP contribution in [0.4, 0.5) is 0 Å². The van der Waals surface area contributed by atoms with Gasteiger partial charge in [0.25, 0.3) is 7.82 Å². The molecule has 9 nitrogen and oxygen atoms in total. The van der Waals surface area contributed by atoms with Gasteiger partial charge >= 0.3 is 5.97 Å². The minimum atomic E-state index is -4.69. The van der Waals surface area contributed by atoms with E-state index in [1.807, 2.05) is 33.3 Å². The summed E-state index contributed by atoms with van der Waals surface area (Å²) in [6.45, 7) is 6.90. The maximum Gasteiger partial charge on any atom is 0.306 e. The minimum absolute atomic E-state index is 0.0181. The lowest BCUT2D eigenvalue weighted by atomic mass is 10.0. The third-order valence-corrected chi connectivity index (χ3v) is 16.3. The van der Waals surface area contributed by atoms with Gasteiger partial charge in [-0.1, -0.05) is 296 Å². The summed E-state index contributed by atoms with van der Waals surface area (Å²) in [5.74, 6) is -0.520. The van der Waals surface area contributed by atoms with Gasteiger partial charge < -0.3 is 28.5 Å². The topological polar surface area (TPSA) is 114 Å². The summed E-state index contributed by atoms with van der Waals surface area (Å²) < 4.78 is 30.4. The van der Waals surface area contributed by atoms with Gasteiger partial charge in [-0.05, 0) is 57.4 Å². The van der Waals surface area contributed by atoms with Gasteiger partial charge in [-0.2, -0.15) is 0 Å². The van der Waals surface area contributed by atoms with Crippen LogP contribution in [-0.2, 0) is 27.9 Å². The Morgan fingerprint density at radius 2 is 0.753 bits per heavy atom. The van der Waals surface area contributed by atoms with E-state index in [9.17, 15) is 19.0 Å². The second kappa shape index (κ2) is 57.7. The summed E-state index contributed by atoms with van der Waals surface area (Å²) in [7, 11) is 1.20. The highest BCUT2D eigenvalue weighted by Crippen LogP contribution is 2.38. The van der Waals surface area contributed by atoms with Crippen molar-refractivity contribution in [3.8, 4) is 0 Å². The van der Waals surface area contributed by atoms with Crippen molar-refractivity contribution in [2.24, 2.45) is 0 Å². The van der Waals surface area contributed by atoms with E-state index in [-0.39, 0.29) is 31.5 Å². The van der Waals surface area contributed by atoms with Crippen LogP contribution in [0, 0.1) is 0 Å². The van der Waals surface area contributed by atoms with Crippen molar-refractivity contribution >= 4 is 19.7 Å². The highest BCUT2D eigenvalue weighted by atomic mass is 31.2. The molecule has 0 radical (unpaired) electrons. The van der Waals surface area contributed by atoms with Crippen molar-refractivity contribution < 1.29 is 37.3 Å². The fraction of sp³-hybridized carbons (Fsp3) is 0.910. The second-order valence-electron chi connectivity index (χ2n) is 24.3. The molecule has 0 aromatic rings. The molecular formula is C67H131N2O7P. The highest BCUT2D eigenvalue weighted by molar-refractivity contribution is 7.45. The largest absolute Gasteiger partial charge is 0.756 e. The lowest BCUT2D eigenvalue weighted by Crippen LogP contribution is -2.47. The number of allylic oxidation sites excluding steroid dienone is 3. The normalized spacial score (nSPS) is 13.7. The van der Waals surface area contributed by atoms with Crippen LogP contribution < -0.4 is 10.2 Å². The van der Waals surface area contributed by atoms with Crippen molar-refractivity contribution in [3.05, 3.63) is 24.3 Å². The molecule has 3 unspecified atom stereocenters. The maximum atomic E-state index is 13.5. The first-order chi connectivity index (χ1) is 37.4. The first kappa shape index (κ1) is 75.5. The van der Waals surface area contributed by atoms with Gasteiger partial charge in [0.15, 0.2) is 0 Å². The Kier molecular flexibility index (Phi) is 56.6. The molecule has 3 atom stereocenters. The summed E-state index contributed by atoms with van der Waals surface area (Å²) in [6, 6.07) is -0.882. The molecular weight excluding hydrogens is 976 g/mol. The minimum Gasteiger partial charge on any atom is -0.756 e. The molecule has 1 N–H and O–H groups in total. The van der Waals surface area contributed by atoms with Crippen LogP contribution in [0.25, 0.3) is 0 Å². The summed E-state index contributed by atoms with van der Waals surface area (Å²) in [6.07, 6.45) is 68.6. The zero-order chi connectivity index (χ0) is 56.4. The molecule has 0 rings (SSSR count). The first-order valence-corrected chi connectivity index (χ1v) is 35.1. The molecule has 0 aliphatic carbocycles. The third kappa shape index (κ3) is 58.9. The number of amides is 1. The maximum absolute atomic E-state index is 13.5. The molecule has 0 aromatic carbocycles. The zero-order valence-corrected chi connectivity index (χ0v) is 53.1. The Hall–Kier alpha value is -1.51. The standard InChI is InChI=1S/C67H131N2O7P/c1-7-10-13-16-19-22-25-28-30-31-32-33-34-35-36-37-39-42-45-48-51-54-57-60-67(71)76-65(58-55-52-49-46-43-40-27-24-21-18-15-12-9-3)64(63-75-77(72,73)74-62-61-69(4,5)6)68-66(70)59-56-53-50-47-44-41-38-29-26-23-20-17-14-11-8-2/h28,30,55,58,64-65H,7-27,29,31-54,56-57,59-63H2,1-6H3,(H-,68,70,72,73)/b30-28+,58-55+. The van der Waals surface area contributed by atoms with E-state index >= 15 is 0 Å². The molecule has 0 bridgehead atoms. The molecule has 77 heavy (non-hydrogen) atoms. The average Bonchev–Trinajstić information content (AvgIpc) is 3.39. The Balaban J connectivity index is 5.11. The summed E-state index contributed by atoms with van der Waals surface area (Å²) in [4.78, 5) is 40.1. The zero-order valence-electron chi connectivity index (χ0n) is 52.2. The van der Waals surface area contributed by atoms with Crippen LogP contribution in [0.1, 0.15) is 342 Å². The lowest BCUT2D eigenvalue weighted by molar-refractivity contribution is -0.870. The molecule has 0 aliphatic heterocycles. The second-order valence-corrected chi connectivity index (χ2v) is 25.7. The average molecular weight is 1110 g/mol. The monoisotopic (exact) mass is 1110 g/mol. The molecule has 0 saturated carbocycles. The number of unbranched alkanes of at least 4 members (excludes halogenated alkanes) is 44. The highest BCUT2D eigenvalue weighted by Gasteiger charge is 2.27. The number of ether oxygens (including phenoxy) is 1. The number of likely N-dealkylation sites (N-methyl/N-ethyl adjacent to an activating group) is 1. The van der Waals surface area contributed by atoms with Crippen LogP contribution in [0.5, 0.6) is 0 Å². The SMILES string of the molecule is CCCCCCCC/C=C/CCCCCCCCCCCCCCCC(=O)OC(/C=C/CCCCCCCCCCCCC)C(COP(=O)([O-])OCC[N+](C)(C)C)NC(=O)CCCCCCCCCCCCCCCCC. The molecule has 456 valence electrons. The third-order valence-electron chi connectivity index (χ3n) is 15.4. The van der Waals surface area contributed by atoms with Gasteiger partial charge in [-0.15, -0.1) is 0 Å². The van der Waals surface area contributed by atoms with Crippen LogP contribution in [-0.4, -0.2) is 69.4 Å². The number of quaternary nitrogens is 1. The number of phosphoric ester groups is 1. The summed E-state index contributed by atoms with van der Waals surface area (Å²) in [5.41, 5.74) is 0. The molecule has 0 heterocycles. The molecule has 10 heteroatoms. The number of phosphoric acid groups is 1. The van der Waals surface area contributed by atoms with Crippen molar-refractivity contribution in [1.82, 2.24) is 5.32 Å². The van der Waals surface area contributed by atoms with Crippen molar-refractivity contribution in [3.63, 3.8) is 0 Å². The van der Waals surface area contributed by atoms with Gasteiger partial charge in [0.2, 0.25) is 5.91 Å². The number of carbonyl (C=O) groups excluding carboxylic acids is 2. The van der Waals surface area contributed by atoms with Crippen LogP contribution in [0.15, 0.2) is 24.3 Å². The van der Waals surface area contributed by atoms with Gasteiger partial charge in [0.05, 0.1) is 33.8 Å². The smallest absolute Gasteiger partial charge is 0.306 e. The number of hydrogen-bond acceptors (Lipinski definition) is 7. The van der Waals surface area contributed by atoms with Crippen molar-refractivity contribution in [1.29, 1.82) is 0 Å². The fourth-order valence-electron chi connectivity index (χ4n) is 10.2. The Labute approximate surface area is 479 Å². The quantitative estimate of drug-likeness (QED) is 0.0212. The molecule has 1 amide bonds. The van der Waals surface area contributed by atoms with Crippen LogP contribution >= 0.6 is 7.82 Å². The molecule has 0 aliphatic rings. The number of hydrogen-bond donors (Lipinski definition) is 1. The van der Waals surface area contributed by atoms with E-state index in [1.165, 1.54) is 250 Å². The number of nitrogens with zero attached hydrogens (tertiary/aromatic N) is 1. The summed E-state index contributed by atoms with van der Waals surface area (Å²) >= 11 is 0. The number of rotatable bonds is 62. The van der Waals surface area contributed by atoms with Gasteiger partial charge in [0.1, 0.15) is 19.3 Å².